The number of benzene rings is 2. The van der Waals surface area contributed by atoms with Crippen molar-refractivity contribution in [2.24, 2.45) is 0 Å². The monoisotopic (exact) mass is 384 g/mol. The van der Waals surface area contributed by atoms with Gasteiger partial charge in [0, 0.05) is 11.3 Å². The first-order valence-electron chi connectivity index (χ1n) is 8.43. The highest BCUT2D eigenvalue weighted by atomic mass is 35.5. The molecule has 2 N–H and O–H groups in total. The number of nitrogens with one attached hydrogen (secondary N) is 1. The highest BCUT2D eigenvalue weighted by molar-refractivity contribution is 6.33. The summed E-state index contributed by atoms with van der Waals surface area (Å²) >= 11 is 6.22. The molecule has 0 saturated heterocycles. The number of halogens is 2. The van der Waals surface area contributed by atoms with Crippen molar-refractivity contribution in [2.45, 2.75) is 19.8 Å². The zero-order valence-corrected chi connectivity index (χ0v) is 15.6. The molecule has 6 heteroatoms. The Hall–Kier alpha value is -2.92. The van der Waals surface area contributed by atoms with Crippen molar-refractivity contribution in [2.75, 3.05) is 5.32 Å². The van der Waals surface area contributed by atoms with Crippen molar-refractivity contribution in [3.05, 3.63) is 76.6 Å². The number of pyridine rings is 1. The molecule has 0 atom stereocenters. The van der Waals surface area contributed by atoms with Crippen molar-refractivity contribution >= 4 is 29.1 Å². The number of para-hydroxylation sites is 1. The largest absolute Gasteiger partial charge is 0.478 e. The second-order valence-corrected chi connectivity index (χ2v) is 6.77. The Balaban J connectivity index is 2.16. The van der Waals surface area contributed by atoms with E-state index in [0.29, 0.717) is 0 Å². The fraction of sp³-hybridized carbons (Fsp3) is 0.143. The van der Waals surface area contributed by atoms with E-state index >= 15 is 0 Å². The Labute approximate surface area is 161 Å². The van der Waals surface area contributed by atoms with Crippen molar-refractivity contribution in [1.29, 1.82) is 0 Å². The van der Waals surface area contributed by atoms with Gasteiger partial charge in [-0.25, -0.2) is 14.2 Å². The minimum Gasteiger partial charge on any atom is -0.478 e. The highest BCUT2D eigenvalue weighted by Gasteiger charge is 2.19. The minimum absolute atomic E-state index is 0.0696. The van der Waals surface area contributed by atoms with Gasteiger partial charge in [0.2, 0.25) is 0 Å². The molecule has 0 unspecified atom stereocenters. The quantitative estimate of drug-likeness (QED) is 0.557. The Morgan fingerprint density at radius 2 is 1.81 bits per heavy atom. The summed E-state index contributed by atoms with van der Waals surface area (Å²) in [6, 6.07) is 15.0. The number of aromatic nitrogens is 1. The fourth-order valence-electron chi connectivity index (χ4n) is 2.83. The SMILES string of the molecule is CC(C)c1ccccc1Nc1nc(-c2ccccc2F)c(Cl)cc1C(=O)O. The fourth-order valence-corrected chi connectivity index (χ4v) is 3.08. The van der Waals surface area contributed by atoms with E-state index in [1.165, 1.54) is 12.1 Å². The molecule has 0 amide bonds. The van der Waals surface area contributed by atoms with E-state index in [0.717, 1.165) is 11.3 Å². The lowest BCUT2D eigenvalue weighted by Gasteiger charge is -2.17. The van der Waals surface area contributed by atoms with Gasteiger partial charge in [0.05, 0.1) is 10.7 Å². The van der Waals surface area contributed by atoms with E-state index in [2.05, 4.69) is 10.3 Å². The van der Waals surface area contributed by atoms with Gasteiger partial charge >= 0.3 is 5.97 Å². The third-order valence-electron chi connectivity index (χ3n) is 4.17. The Morgan fingerprint density at radius 1 is 1.15 bits per heavy atom. The molecular formula is C21H18ClFN2O2. The van der Waals surface area contributed by atoms with Crippen LogP contribution in [0.2, 0.25) is 5.02 Å². The number of carboxylic acids is 1. The maximum absolute atomic E-state index is 14.2. The van der Waals surface area contributed by atoms with E-state index in [9.17, 15) is 14.3 Å². The van der Waals surface area contributed by atoms with Crippen LogP contribution in [0.5, 0.6) is 0 Å². The first kappa shape index (κ1) is 18.9. The van der Waals surface area contributed by atoms with Crippen LogP contribution in [0.3, 0.4) is 0 Å². The van der Waals surface area contributed by atoms with Crippen LogP contribution in [0, 0.1) is 5.82 Å². The van der Waals surface area contributed by atoms with E-state index < -0.39 is 11.8 Å². The number of carbonyl (C=O) groups is 1. The van der Waals surface area contributed by atoms with Crippen LogP contribution in [0.4, 0.5) is 15.9 Å². The zero-order chi connectivity index (χ0) is 19.6. The molecule has 138 valence electrons. The highest BCUT2D eigenvalue weighted by Crippen LogP contribution is 2.34. The van der Waals surface area contributed by atoms with Gasteiger partial charge in [0.25, 0.3) is 0 Å². The van der Waals surface area contributed by atoms with Gasteiger partial charge in [-0.1, -0.05) is 55.8 Å². The van der Waals surface area contributed by atoms with E-state index in [1.54, 1.807) is 18.2 Å². The van der Waals surface area contributed by atoms with Crippen LogP contribution < -0.4 is 5.32 Å². The molecule has 0 aliphatic rings. The predicted octanol–water partition coefficient (Wildman–Crippen LogP) is 6.11. The maximum Gasteiger partial charge on any atom is 0.339 e. The van der Waals surface area contributed by atoms with Crippen LogP contribution in [0.15, 0.2) is 54.6 Å². The van der Waals surface area contributed by atoms with Crippen LogP contribution in [0.25, 0.3) is 11.3 Å². The van der Waals surface area contributed by atoms with Crippen LogP contribution in [-0.4, -0.2) is 16.1 Å². The Morgan fingerprint density at radius 3 is 2.48 bits per heavy atom. The molecule has 1 aromatic heterocycles. The summed E-state index contributed by atoms with van der Waals surface area (Å²) < 4.78 is 14.2. The number of nitrogens with zero attached hydrogens (tertiary/aromatic N) is 1. The van der Waals surface area contributed by atoms with Crippen molar-refractivity contribution in [3.63, 3.8) is 0 Å². The number of hydrogen-bond donors (Lipinski definition) is 2. The molecular weight excluding hydrogens is 367 g/mol. The number of anilines is 2. The summed E-state index contributed by atoms with van der Waals surface area (Å²) in [7, 11) is 0. The van der Waals surface area contributed by atoms with Gasteiger partial charge in [-0.05, 0) is 35.7 Å². The average molecular weight is 385 g/mol. The molecule has 3 rings (SSSR count). The summed E-state index contributed by atoms with van der Waals surface area (Å²) in [4.78, 5) is 16.0. The molecule has 27 heavy (non-hydrogen) atoms. The van der Waals surface area contributed by atoms with E-state index in [-0.39, 0.29) is 33.6 Å². The lowest BCUT2D eigenvalue weighted by Crippen LogP contribution is -2.08. The second-order valence-electron chi connectivity index (χ2n) is 6.37. The normalized spacial score (nSPS) is 10.9. The number of aromatic carboxylic acids is 1. The molecule has 3 aromatic rings. The Bertz CT molecular complexity index is 1010. The van der Waals surface area contributed by atoms with Gasteiger partial charge in [-0.15, -0.1) is 0 Å². The number of carboxylic acid groups (broad SMARTS) is 1. The van der Waals surface area contributed by atoms with Crippen LogP contribution >= 0.6 is 11.6 Å². The van der Waals surface area contributed by atoms with Crippen LogP contribution in [-0.2, 0) is 0 Å². The molecule has 0 aliphatic heterocycles. The molecule has 0 aliphatic carbocycles. The first-order chi connectivity index (χ1) is 12.9. The summed E-state index contributed by atoms with van der Waals surface area (Å²) in [6.45, 7) is 4.08. The molecule has 4 nitrogen and oxygen atoms in total. The van der Waals surface area contributed by atoms with Crippen molar-refractivity contribution in [1.82, 2.24) is 4.98 Å². The lowest BCUT2D eigenvalue weighted by molar-refractivity contribution is 0.0697. The Kier molecular flexibility index (Phi) is 5.42. The van der Waals surface area contributed by atoms with Gasteiger partial charge in [0.1, 0.15) is 17.2 Å². The average Bonchev–Trinajstić information content (AvgIpc) is 2.63. The molecule has 2 aromatic carbocycles. The number of rotatable bonds is 5. The van der Waals surface area contributed by atoms with Gasteiger partial charge in [-0.3, -0.25) is 0 Å². The molecule has 0 spiro atoms. The summed E-state index contributed by atoms with van der Waals surface area (Å²) in [5, 5.41) is 12.7. The third kappa shape index (κ3) is 3.93. The lowest BCUT2D eigenvalue weighted by atomic mass is 10.0. The second kappa shape index (κ2) is 7.76. The summed E-state index contributed by atoms with van der Waals surface area (Å²) in [5.41, 5.74) is 2.06. The smallest absolute Gasteiger partial charge is 0.339 e. The molecule has 0 fully saturated rings. The molecule has 0 bridgehead atoms. The van der Waals surface area contributed by atoms with E-state index in [1.807, 2.05) is 38.1 Å². The summed E-state index contributed by atoms with van der Waals surface area (Å²) in [6.07, 6.45) is 0. The summed E-state index contributed by atoms with van der Waals surface area (Å²) in [5.74, 6) is -1.32. The molecule has 1 heterocycles. The van der Waals surface area contributed by atoms with Crippen molar-refractivity contribution in [3.8, 4) is 11.3 Å². The molecule has 0 radical (unpaired) electrons. The van der Waals surface area contributed by atoms with Crippen LogP contribution in [0.1, 0.15) is 35.7 Å². The topological polar surface area (TPSA) is 62.2 Å². The first-order valence-corrected chi connectivity index (χ1v) is 8.81. The minimum atomic E-state index is -1.17. The van der Waals surface area contributed by atoms with Gasteiger partial charge < -0.3 is 10.4 Å². The van der Waals surface area contributed by atoms with E-state index in [4.69, 9.17) is 11.6 Å². The zero-order valence-electron chi connectivity index (χ0n) is 14.8. The van der Waals surface area contributed by atoms with Gasteiger partial charge in [-0.2, -0.15) is 0 Å². The van der Waals surface area contributed by atoms with Gasteiger partial charge in [0.15, 0.2) is 0 Å². The molecule has 0 saturated carbocycles. The third-order valence-corrected chi connectivity index (χ3v) is 4.46. The van der Waals surface area contributed by atoms with Crippen molar-refractivity contribution < 1.29 is 14.3 Å². The maximum atomic E-state index is 14.2. The number of hydrogen-bond acceptors (Lipinski definition) is 3. The standard InChI is InChI=1S/C21H18ClFN2O2/c1-12(2)13-7-4-6-10-18(13)24-20-15(21(26)27)11-16(22)19(25-20)14-8-3-5-9-17(14)23/h3-12H,1-2H3,(H,24,25)(H,26,27). The predicted molar refractivity (Wildman–Crippen MR) is 105 cm³/mol.